The van der Waals surface area contributed by atoms with Crippen molar-refractivity contribution in [1.82, 2.24) is 0 Å². The summed E-state index contributed by atoms with van der Waals surface area (Å²) < 4.78 is 13.0. The van der Waals surface area contributed by atoms with Gasteiger partial charge in [0.1, 0.15) is 11.5 Å². The van der Waals surface area contributed by atoms with Crippen LogP contribution in [0.2, 0.25) is 0 Å². The van der Waals surface area contributed by atoms with E-state index in [0.717, 1.165) is 45.9 Å². The van der Waals surface area contributed by atoms with Crippen LogP contribution < -0.4 is 4.74 Å². The van der Waals surface area contributed by atoms with Crippen molar-refractivity contribution in [2.45, 2.75) is 32.3 Å². The number of fused-ring (bicyclic) bond motifs is 8. The first-order valence-corrected chi connectivity index (χ1v) is 13.5. The summed E-state index contributed by atoms with van der Waals surface area (Å²) >= 11 is 0. The molecule has 2 heterocycles. The van der Waals surface area contributed by atoms with E-state index in [-0.39, 0.29) is 5.97 Å². The number of benzene rings is 5. The molecule has 0 saturated carbocycles. The summed E-state index contributed by atoms with van der Waals surface area (Å²) in [6.45, 7) is 4.37. The predicted octanol–water partition coefficient (Wildman–Crippen LogP) is 8.92. The van der Waals surface area contributed by atoms with Gasteiger partial charge in [-0.2, -0.15) is 0 Å². The van der Waals surface area contributed by atoms with Gasteiger partial charge < -0.3 is 9.47 Å². The lowest BCUT2D eigenvalue weighted by Crippen LogP contribution is -2.33. The minimum Gasteiger partial charge on any atom is -0.456 e. The van der Waals surface area contributed by atoms with Crippen LogP contribution in [-0.2, 0) is 16.8 Å². The first kappa shape index (κ1) is 23.5. The molecule has 0 aliphatic carbocycles. The van der Waals surface area contributed by atoms with E-state index in [9.17, 15) is 4.79 Å². The molecule has 0 radical (unpaired) electrons. The largest absolute Gasteiger partial charge is 0.456 e. The van der Waals surface area contributed by atoms with E-state index in [1.165, 1.54) is 16.7 Å². The van der Waals surface area contributed by atoms with Crippen LogP contribution in [0.3, 0.4) is 0 Å². The fourth-order valence-corrected chi connectivity index (χ4v) is 6.28. The number of hydrogen-bond acceptors (Lipinski definition) is 3. The first-order valence-electron chi connectivity index (χ1n) is 13.5. The summed E-state index contributed by atoms with van der Waals surface area (Å²) in [6.07, 6.45) is 4.36. The van der Waals surface area contributed by atoms with Crippen molar-refractivity contribution < 1.29 is 14.3 Å². The number of esters is 1. The number of carbonyl (C=O) groups is 1. The standard InChI is InChI=1S/C36H28O3/c1-3-10-25-11-4-6-13-27(25)23(2)21-24-17-19-31-33(22-24)38-32-20-18-26-12-5-7-14-28(26)34(32)36(31)30-16-9-8-15-29(30)35(37)39-36/h4-9,11-22H,3,10H2,1-2H3/b23-21-. The summed E-state index contributed by atoms with van der Waals surface area (Å²) in [5.74, 6) is 1.09. The fourth-order valence-electron chi connectivity index (χ4n) is 6.28. The van der Waals surface area contributed by atoms with Crippen LogP contribution in [-0.4, -0.2) is 5.97 Å². The van der Waals surface area contributed by atoms with Gasteiger partial charge in [-0.25, -0.2) is 4.79 Å². The Morgan fingerprint density at radius 1 is 0.821 bits per heavy atom. The number of allylic oxidation sites excluding steroid dienone is 1. The predicted molar refractivity (Wildman–Crippen MR) is 156 cm³/mol. The molecule has 7 rings (SSSR count). The third-order valence-corrected chi connectivity index (χ3v) is 7.96. The van der Waals surface area contributed by atoms with E-state index in [1.807, 2.05) is 42.5 Å². The fraction of sp³-hybridized carbons (Fsp3) is 0.139. The van der Waals surface area contributed by atoms with E-state index in [1.54, 1.807) is 0 Å². The van der Waals surface area contributed by atoms with Gasteiger partial charge in [0, 0.05) is 11.1 Å². The van der Waals surface area contributed by atoms with Crippen molar-refractivity contribution in [3.8, 4) is 11.5 Å². The zero-order valence-corrected chi connectivity index (χ0v) is 22.0. The van der Waals surface area contributed by atoms with E-state index >= 15 is 0 Å². The molecule has 0 amide bonds. The molecule has 5 aromatic rings. The lowest BCUT2D eigenvalue weighted by atomic mass is 9.75. The Bertz CT molecular complexity index is 1810. The van der Waals surface area contributed by atoms with E-state index in [0.29, 0.717) is 17.1 Å². The Morgan fingerprint density at radius 2 is 1.62 bits per heavy atom. The summed E-state index contributed by atoms with van der Waals surface area (Å²) in [7, 11) is 0. The van der Waals surface area contributed by atoms with Gasteiger partial charge >= 0.3 is 5.97 Å². The molecule has 1 spiro atoms. The zero-order valence-electron chi connectivity index (χ0n) is 22.0. The van der Waals surface area contributed by atoms with Crippen LogP contribution in [0.1, 0.15) is 64.0 Å². The lowest BCUT2D eigenvalue weighted by Gasteiger charge is -2.37. The third kappa shape index (κ3) is 3.54. The number of aryl methyl sites for hydroxylation is 1. The number of rotatable bonds is 4. The molecule has 0 saturated heterocycles. The van der Waals surface area contributed by atoms with E-state index in [2.05, 4.69) is 80.6 Å². The summed E-state index contributed by atoms with van der Waals surface area (Å²) in [4.78, 5) is 13.3. The molecule has 0 N–H and O–H groups in total. The molecule has 0 fully saturated rings. The van der Waals surface area contributed by atoms with E-state index in [4.69, 9.17) is 9.47 Å². The summed E-state index contributed by atoms with van der Waals surface area (Å²) in [5, 5.41) is 2.08. The number of hydrogen-bond donors (Lipinski definition) is 0. The molecule has 3 heteroatoms. The molecule has 2 aliphatic rings. The second kappa shape index (κ2) is 8.99. The highest BCUT2D eigenvalue weighted by atomic mass is 16.6. The molecule has 0 aromatic heterocycles. The normalized spacial score (nSPS) is 17.4. The van der Waals surface area contributed by atoms with Crippen LogP contribution in [0.5, 0.6) is 11.5 Å². The Kier molecular flexibility index (Phi) is 5.41. The SMILES string of the molecule is CCCc1ccccc1/C(C)=C\c1ccc2c(c1)Oc1ccc3ccccc3c1C21OC(=O)c2ccccc21. The van der Waals surface area contributed by atoms with Crippen molar-refractivity contribution in [3.63, 3.8) is 0 Å². The summed E-state index contributed by atoms with van der Waals surface area (Å²) in [5.41, 5.74) is 6.94. The van der Waals surface area contributed by atoms with Crippen molar-refractivity contribution in [1.29, 1.82) is 0 Å². The Labute approximate surface area is 228 Å². The van der Waals surface area contributed by atoms with Gasteiger partial charge in [-0.1, -0.05) is 98.3 Å². The highest BCUT2D eigenvalue weighted by Crippen LogP contribution is 2.57. The Hall–Kier alpha value is -4.63. The maximum absolute atomic E-state index is 13.3. The topological polar surface area (TPSA) is 35.5 Å². The third-order valence-electron chi connectivity index (χ3n) is 7.96. The monoisotopic (exact) mass is 508 g/mol. The Morgan fingerprint density at radius 3 is 2.51 bits per heavy atom. The smallest absolute Gasteiger partial charge is 0.340 e. The van der Waals surface area contributed by atoms with Gasteiger partial charge in [-0.05, 0) is 70.6 Å². The molecule has 1 unspecified atom stereocenters. The van der Waals surface area contributed by atoms with Crippen molar-refractivity contribution in [3.05, 3.63) is 142 Å². The van der Waals surface area contributed by atoms with Gasteiger partial charge in [0.2, 0.25) is 0 Å². The molecule has 3 nitrogen and oxygen atoms in total. The molecule has 2 aliphatic heterocycles. The molecule has 1 atom stereocenters. The molecular formula is C36H28O3. The minimum absolute atomic E-state index is 0.315. The number of ether oxygens (including phenoxy) is 2. The second-order valence-electron chi connectivity index (χ2n) is 10.4. The molecule has 190 valence electrons. The maximum atomic E-state index is 13.3. The second-order valence-corrected chi connectivity index (χ2v) is 10.4. The quantitative estimate of drug-likeness (QED) is 0.180. The van der Waals surface area contributed by atoms with Crippen LogP contribution in [0, 0.1) is 0 Å². The number of carbonyl (C=O) groups excluding carboxylic acids is 1. The van der Waals surface area contributed by atoms with Crippen molar-refractivity contribution in [2.75, 3.05) is 0 Å². The van der Waals surface area contributed by atoms with Crippen molar-refractivity contribution >= 4 is 28.4 Å². The van der Waals surface area contributed by atoms with Gasteiger partial charge in [0.05, 0.1) is 11.1 Å². The molecule has 39 heavy (non-hydrogen) atoms. The highest BCUT2D eigenvalue weighted by Gasteiger charge is 2.54. The summed E-state index contributed by atoms with van der Waals surface area (Å²) in [6, 6.07) is 34.8. The average Bonchev–Trinajstić information content (AvgIpc) is 3.25. The van der Waals surface area contributed by atoms with Crippen LogP contribution >= 0.6 is 0 Å². The lowest BCUT2D eigenvalue weighted by molar-refractivity contribution is 0.0229. The van der Waals surface area contributed by atoms with Crippen LogP contribution in [0.15, 0.2) is 103 Å². The zero-order chi connectivity index (χ0) is 26.6. The maximum Gasteiger partial charge on any atom is 0.340 e. The molecular weight excluding hydrogens is 480 g/mol. The molecule has 0 bridgehead atoms. The Balaban J connectivity index is 1.43. The molecule has 5 aromatic carbocycles. The minimum atomic E-state index is -1.08. The van der Waals surface area contributed by atoms with Gasteiger partial charge in [-0.15, -0.1) is 0 Å². The van der Waals surface area contributed by atoms with E-state index < -0.39 is 5.60 Å². The van der Waals surface area contributed by atoms with Crippen molar-refractivity contribution in [2.24, 2.45) is 0 Å². The average molecular weight is 509 g/mol. The van der Waals surface area contributed by atoms with Gasteiger partial charge in [0.25, 0.3) is 0 Å². The van der Waals surface area contributed by atoms with Gasteiger partial charge in [-0.3, -0.25) is 0 Å². The van der Waals surface area contributed by atoms with Crippen LogP contribution in [0.25, 0.3) is 22.4 Å². The van der Waals surface area contributed by atoms with Gasteiger partial charge in [0.15, 0.2) is 5.60 Å². The first-order chi connectivity index (χ1) is 19.1. The van der Waals surface area contributed by atoms with Crippen LogP contribution in [0.4, 0.5) is 0 Å². The highest BCUT2D eigenvalue weighted by molar-refractivity contribution is 6.00.